The van der Waals surface area contributed by atoms with E-state index in [1.165, 1.54) is 0 Å². The molecule has 0 saturated carbocycles. The molecule has 4 nitrogen and oxygen atoms in total. The van der Waals surface area contributed by atoms with Crippen LogP contribution in [0.25, 0.3) is 0 Å². The van der Waals surface area contributed by atoms with E-state index in [4.69, 9.17) is 0 Å². The Balaban J connectivity index is 2.10. The molecule has 2 N–H and O–H groups in total. The van der Waals surface area contributed by atoms with Crippen molar-refractivity contribution in [3.05, 3.63) is 18.2 Å². The van der Waals surface area contributed by atoms with Crippen LogP contribution in [0, 0.1) is 5.92 Å². The Kier molecular flexibility index (Phi) is 3.84. The minimum absolute atomic E-state index is 0.281. The Bertz CT molecular complexity index is 363. The van der Waals surface area contributed by atoms with E-state index in [1.54, 1.807) is 0 Å². The van der Waals surface area contributed by atoms with Crippen LogP contribution in [0.4, 0.5) is 0 Å². The Morgan fingerprint density at radius 1 is 1.65 bits per heavy atom. The van der Waals surface area contributed by atoms with Crippen LogP contribution in [0.1, 0.15) is 32.5 Å². The lowest BCUT2D eigenvalue weighted by Crippen LogP contribution is -2.50. The number of imidazole rings is 1. The van der Waals surface area contributed by atoms with Crippen molar-refractivity contribution in [3.8, 4) is 0 Å². The zero-order valence-corrected chi connectivity index (χ0v) is 10.8. The van der Waals surface area contributed by atoms with Crippen LogP contribution in [0.2, 0.25) is 0 Å². The second kappa shape index (κ2) is 5.19. The average molecular weight is 237 g/mol. The number of hydrogen-bond acceptors (Lipinski definition) is 3. The van der Waals surface area contributed by atoms with Crippen LogP contribution in [0.5, 0.6) is 0 Å². The highest BCUT2D eigenvalue weighted by Gasteiger charge is 2.37. The molecule has 0 spiro atoms. The molecule has 2 heterocycles. The van der Waals surface area contributed by atoms with Crippen molar-refractivity contribution in [3.63, 3.8) is 0 Å². The fraction of sp³-hybridized carbons (Fsp3) is 0.769. The van der Waals surface area contributed by atoms with Crippen LogP contribution in [-0.4, -0.2) is 33.3 Å². The zero-order valence-electron chi connectivity index (χ0n) is 10.8. The molecule has 2 atom stereocenters. The smallest absolute Gasteiger partial charge is 0.111 e. The lowest BCUT2D eigenvalue weighted by Gasteiger charge is -2.38. The zero-order chi connectivity index (χ0) is 12.3. The molecule has 0 bridgehead atoms. The highest BCUT2D eigenvalue weighted by atomic mass is 16.3. The van der Waals surface area contributed by atoms with Crippen molar-refractivity contribution >= 4 is 0 Å². The monoisotopic (exact) mass is 237 g/mol. The van der Waals surface area contributed by atoms with E-state index in [1.807, 2.05) is 12.4 Å². The van der Waals surface area contributed by atoms with Crippen LogP contribution in [-0.2, 0) is 13.0 Å². The van der Waals surface area contributed by atoms with E-state index in [9.17, 15) is 5.11 Å². The van der Waals surface area contributed by atoms with Gasteiger partial charge in [0.15, 0.2) is 0 Å². The second-order valence-corrected chi connectivity index (χ2v) is 5.17. The summed E-state index contributed by atoms with van der Waals surface area (Å²) in [4.78, 5) is 4.39. The second-order valence-electron chi connectivity index (χ2n) is 5.17. The van der Waals surface area contributed by atoms with Gasteiger partial charge >= 0.3 is 0 Å². The highest BCUT2D eigenvalue weighted by Crippen LogP contribution is 2.27. The summed E-state index contributed by atoms with van der Waals surface area (Å²) in [5.41, 5.74) is -0.595. The third-order valence-electron chi connectivity index (χ3n) is 3.83. The van der Waals surface area contributed by atoms with E-state index in [2.05, 4.69) is 28.7 Å². The fourth-order valence-corrected chi connectivity index (χ4v) is 2.55. The number of hydrogen-bond donors (Lipinski definition) is 2. The molecule has 1 saturated heterocycles. The molecule has 2 unspecified atom stereocenters. The molecule has 1 aromatic rings. The molecule has 1 aliphatic heterocycles. The van der Waals surface area contributed by atoms with Crippen LogP contribution in [0.15, 0.2) is 12.4 Å². The molecule has 1 fully saturated rings. The van der Waals surface area contributed by atoms with E-state index in [-0.39, 0.29) is 5.92 Å². The van der Waals surface area contributed by atoms with Gasteiger partial charge in [0.25, 0.3) is 0 Å². The Morgan fingerprint density at radius 2 is 2.47 bits per heavy atom. The van der Waals surface area contributed by atoms with Gasteiger partial charge in [-0.1, -0.05) is 13.8 Å². The van der Waals surface area contributed by atoms with E-state index < -0.39 is 5.60 Å². The summed E-state index contributed by atoms with van der Waals surface area (Å²) in [6.45, 7) is 7.04. The summed E-state index contributed by atoms with van der Waals surface area (Å²) in [6, 6.07) is 0. The number of rotatable bonds is 4. The van der Waals surface area contributed by atoms with Crippen molar-refractivity contribution in [2.75, 3.05) is 13.1 Å². The van der Waals surface area contributed by atoms with Crippen LogP contribution >= 0.6 is 0 Å². The largest absolute Gasteiger partial charge is 0.389 e. The van der Waals surface area contributed by atoms with Gasteiger partial charge in [0.2, 0.25) is 0 Å². The lowest BCUT2D eigenvalue weighted by molar-refractivity contribution is -0.0350. The Morgan fingerprint density at radius 3 is 3.18 bits per heavy atom. The predicted octanol–water partition coefficient (Wildman–Crippen LogP) is 1.20. The van der Waals surface area contributed by atoms with Crippen molar-refractivity contribution in [2.45, 2.75) is 45.3 Å². The molecular formula is C13H23N3O. The SMILES string of the molecule is CCCn1ccnc1CC1(O)CCNCC1C. The predicted molar refractivity (Wildman–Crippen MR) is 67.8 cm³/mol. The average Bonchev–Trinajstić information content (AvgIpc) is 2.71. The minimum atomic E-state index is -0.595. The fourth-order valence-electron chi connectivity index (χ4n) is 2.55. The summed E-state index contributed by atoms with van der Waals surface area (Å²) >= 11 is 0. The van der Waals surface area contributed by atoms with E-state index >= 15 is 0 Å². The molecule has 4 heteroatoms. The first-order chi connectivity index (χ1) is 8.15. The molecule has 17 heavy (non-hydrogen) atoms. The quantitative estimate of drug-likeness (QED) is 0.827. The van der Waals surface area contributed by atoms with Gasteiger partial charge in [-0.3, -0.25) is 0 Å². The molecule has 1 aliphatic rings. The molecule has 0 aromatic carbocycles. The van der Waals surface area contributed by atoms with Gasteiger partial charge < -0.3 is 15.0 Å². The summed E-state index contributed by atoms with van der Waals surface area (Å²) in [7, 11) is 0. The number of nitrogens with one attached hydrogen (secondary N) is 1. The van der Waals surface area contributed by atoms with E-state index in [0.29, 0.717) is 6.42 Å². The Hall–Kier alpha value is -0.870. The molecular weight excluding hydrogens is 214 g/mol. The third-order valence-corrected chi connectivity index (χ3v) is 3.83. The Labute approximate surface area is 103 Å². The third kappa shape index (κ3) is 2.69. The summed E-state index contributed by atoms with van der Waals surface area (Å²) < 4.78 is 2.16. The number of aromatic nitrogens is 2. The molecule has 0 aliphatic carbocycles. The van der Waals surface area contributed by atoms with Crippen molar-refractivity contribution < 1.29 is 5.11 Å². The molecule has 96 valence electrons. The first kappa shape index (κ1) is 12.6. The number of aliphatic hydroxyl groups is 1. The van der Waals surface area contributed by atoms with Gasteiger partial charge in [0.05, 0.1) is 5.60 Å². The molecule has 2 rings (SSSR count). The summed E-state index contributed by atoms with van der Waals surface area (Å²) in [6.07, 6.45) is 6.42. The van der Waals surface area contributed by atoms with Crippen molar-refractivity contribution in [1.29, 1.82) is 0 Å². The topological polar surface area (TPSA) is 50.1 Å². The first-order valence-electron chi connectivity index (χ1n) is 6.59. The van der Waals surface area contributed by atoms with Crippen LogP contribution < -0.4 is 5.32 Å². The van der Waals surface area contributed by atoms with Gasteiger partial charge in [0.1, 0.15) is 5.82 Å². The summed E-state index contributed by atoms with van der Waals surface area (Å²) in [5, 5.41) is 14.0. The highest BCUT2D eigenvalue weighted by molar-refractivity contribution is 5.02. The van der Waals surface area contributed by atoms with Gasteiger partial charge in [-0.2, -0.15) is 0 Å². The maximum absolute atomic E-state index is 10.7. The van der Waals surface area contributed by atoms with Gasteiger partial charge in [-0.25, -0.2) is 4.98 Å². The normalized spacial score (nSPS) is 29.5. The number of aryl methyl sites for hydroxylation is 1. The maximum atomic E-state index is 10.7. The van der Waals surface area contributed by atoms with Gasteiger partial charge in [-0.05, 0) is 25.3 Å². The van der Waals surface area contributed by atoms with Crippen LogP contribution in [0.3, 0.4) is 0 Å². The van der Waals surface area contributed by atoms with Gasteiger partial charge in [0, 0.05) is 31.9 Å². The summed E-state index contributed by atoms with van der Waals surface area (Å²) in [5.74, 6) is 1.30. The standard InChI is InChI=1S/C13H23N3O/c1-3-7-16-8-6-15-12(16)9-13(17)4-5-14-10-11(13)2/h6,8,11,14,17H,3-5,7,9-10H2,1-2H3. The van der Waals surface area contributed by atoms with Crippen molar-refractivity contribution in [2.24, 2.45) is 5.92 Å². The van der Waals surface area contributed by atoms with Crippen molar-refractivity contribution in [1.82, 2.24) is 14.9 Å². The molecule has 1 aromatic heterocycles. The van der Waals surface area contributed by atoms with E-state index in [0.717, 1.165) is 38.3 Å². The first-order valence-corrected chi connectivity index (χ1v) is 6.59. The molecule has 0 radical (unpaired) electrons. The molecule has 0 amide bonds. The number of nitrogens with zero attached hydrogens (tertiary/aromatic N) is 2. The maximum Gasteiger partial charge on any atom is 0.111 e. The minimum Gasteiger partial charge on any atom is -0.389 e. The lowest BCUT2D eigenvalue weighted by atomic mass is 9.80. The number of piperidine rings is 1. The van der Waals surface area contributed by atoms with Gasteiger partial charge in [-0.15, -0.1) is 0 Å².